The lowest BCUT2D eigenvalue weighted by Crippen LogP contribution is -2.12. The maximum absolute atomic E-state index is 11.8. The van der Waals surface area contributed by atoms with Gasteiger partial charge in [0.2, 0.25) is 0 Å². The molecular weight excluding hydrogens is 364 g/mol. The fourth-order valence-corrected chi connectivity index (χ4v) is 2.90. The van der Waals surface area contributed by atoms with Gasteiger partial charge in [-0.2, -0.15) is 20.5 Å². The first-order valence-corrected chi connectivity index (χ1v) is 9.15. The number of rotatable bonds is 2. The minimum atomic E-state index is -0.464. The van der Waals surface area contributed by atoms with Crippen LogP contribution in [0.2, 0.25) is 0 Å². The number of nitrogens with zero attached hydrogens (tertiary/aromatic N) is 4. The Morgan fingerprint density at radius 3 is 1.62 bits per heavy atom. The van der Waals surface area contributed by atoms with Crippen LogP contribution in [-0.2, 0) is 16.0 Å². The number of azo groups is 2. The van der Waals surface area contributed by atoms with Gasteiger partial charge in [-0.3, -0.25) is 0 Å². The Hall–Kier alpha value is -3.93. The maximum Gasteiger partial charge on any atom is 0.330 e. The first kappa shape index (κ1) is 18.4. The van der Waals surface area contributed by atoms with Crippen molar-refractivity contribution in [3.8, 4) is 0 Å². The molecule has 0 N–H and O–H groups in total. The van der Waals surface area contributed by atoms with Crippen molar-refractivity contribution >= 4 is 28.7 Å². The van der Waals surface area contributed by atoms with Crippen molar-refractivity contribution in [3.63, 3.8) is 0 Å². The summed E-state index contributed by atoms with van der Waals surface area (Å²) >= 11 is 0. The van der Waals surface area contributed by atoms with E-state index in [0.717, 1.165) is 28.2 Å². The monoisotopic (exact) mass is 382 g/mol. The zero-order chi connectivity index (χ0) is 20.1. The van der Waals surface area contributed by atoms with Gasteiger partial charge in [-0.05, 0) is 59.7 Å². The molecule has 4 aliphatic rings. The molecular formula is C23H18N4O2. The van der Waals surface area contributed by atoms with Gasteiger partial charge < -0.3 is 4.74 Å². The molecule has 3 aromatic rings. The summed E-state index contributed by atoms with van der Waals surface area (Å²) in [6.45, 7) is 3.49. The SMILES string of the molecule is C=CC(=O)O[C@H]1Cc2ccc(cc2)N=Nc2ccc(cc2)N=Nc2ccc1cc2. The van der Waals surface area contributed by atoms with E-state index < -0.39 is 12.1 Å². The highest BCUT2D eigenvalue weighted by atomic mass is 16.5. The number of hydrogen-bond acceptors (Lipinski definition) is 6. The topological polar surface area (TPSA) is 75.7 Å². The number of hydrogen-bond donors (Lipinski definition) is 0. The predicted molar refractivity (Wildman–Crippen MR) is 110 cm³/mol. The van der Waals surface area contributed by atoms with E-state index in [1.54, 1.807) is 0 Å². The zero-order valence-electron chi connectivity index (χ0n) is 15.6. The van der Waals surface area contributed by atoms with E-state index in [1.165, 1.54) is 6.08 Å². The molecule has 6 bridgehead atoms. The summed E-state index contributed by atoms with van der Waals surface area (Å²) in [6.07, 6.45) is 1.26. The number of fused-ring (bicyclic) bond motifs is 3. The van der Waals surface area contributed by atoms with E-state index in [9.17, 15) is 4.79 Å². The highest BCUT2D eigenvalue weighted by Crippen LogP contribution is 2.28. The van der Waals surface area contributed by atoms with E-state index >= 15 is 0 Å². The molecule has 142 valence electrons. The summed E-state index contributed by atoms with van der Waals surface area (Å²) in [5.41, 5.74) is 4.78. The van der Waals surface area contributed by atoms with E-state index in [4.69, 9.17) is 4.74 Å². The predicted octanol–water partition coefficient (Wildman–Crippen LogP) is 6.84. The molecule has 0 spiro atoms. The van der Waals surface area contributed by atoms with Gasteiger partial charge in [0.25, 0.3) is 0 Å². The van der Waals surface area contributed by atoms with Crippen LogP contribution in [0, 0.1) is 0 Å². The zero-order valence-corrected chi connectivity index (χ0v) is 15.6. The molecule has 0 unspecified atom stereocenters. The van der Waals surface area contributed by atoms with Crippen molar-refractivity contribution in [1.29, 1.82) is 0 Å². The molecule has 6 nitrogen and oxygen atoms in total. The average molecular weight is 382 g/mol. The van der Waals surface area contributed by atoms with Crippen molar-refractivity contribution in [3.05, 3.63) is 96.6 Å². The number of esters is 1. The third-order valence-corrected chi connectivity index (χ3v) is 4.46. The van der Waals surface area contributed by atoms with Crippen LogP contribution < -0.4 is 0 Å². The second-order valence-corrected chi connectivity index (χ2v) is 6.51. The van der Waals surface area contributed by atoms with Gasteiger partial charge in [-0.25, -0.2) is 4.79 Å². The van der Waals surface area contributed by atoms with Crippen LogP contribution in [0.4, 0.5) is 22.7 Å². The lowest BCUT2D eigenvalue weighted by Gasteiger charge is -2.18. The molecule has 0 amide bonds. The highest BCUT2D eigenvalue weighted by Gasteiger charge is 2.16. The summed E-state index contributed by atoms with van der Waals surface area (Å²) in [4.78, 5) is 11.8. The number of carbonyl (C=O) groups is 1. The molecule has 3 aromatic carbocycles. The summed E-state index contributed by atoms with van der Waals surface area (Å²) in [5, 5.41) is 17.0. The van der Waals surface area contributed by atoms with E-state index in [1.807, 2.05) is 72.8 Å². The van der Waals surface area contributed by atoms with Crippen molar-refractivity contribution in [2.45, 2.75) is 12.5 Å². The normalized spacial score (nSPS) is 15.1. The summed E-state index contributed by atoms with van der Waals surface area (Å²) in [7, 11) is 0. The molecule has 4 aliphatic heterocycles. The molecule has 7 rings (SSSR count). The van der Waals surface area contributed by atoms with Gasteiger partial charge in [0.15, 0.2) is 0 Å². The minimum absolute atomic E-state index is 0.440. The molecule has 1 atom stereocenters. The fraction of sp³-hybridized carbons (Fsp3) is 0.0870. The van der Waals surface area contributed by atoms with Crippen molar-refractivity contribution in [2.75, 3.05) is 0 Å². The Labute approximate surface area is 168 Å². The number of carbonyl (C=O) groups excluding carboxylic acids is 1. The van der Waals surface area contributed by atoms with Gasteiger partial charge in [-0.15, -0.1) is 0 Å². The molecule has 29 heavy (non-hydrogen) atoms. The second-order valence-electron chi connectivity index (χ2n) is 6.51. The highest BCUT2D eigenvalue weighted by molar-refractivity contribution is 5.81. The average Bonchev–Trinajstić information content (AvgIpc) is 2.77. The van der Waals surface area contributed by atoms with Crippen molar-refractivity contribution in [2.24, 2.45) is 20.5 Å². The largest absolute Gasteiger partial charge is 0.454 e. The van der Waals surface area contributed by atoms with Crippen LogP contribution in [-0.4, -0.2) is 5.97 Å². The molecule has 0 saturated heterocycles. The van der Waals surface area contributed by atoms with Crippen LogP contribution in [0.15, 0.2) is 106 Å². The van der Waals surface area contributed by atoms with Gasteiger partial charge in [0, 0.05) is 12.5 Å². The number of ether oxygens (including phenoxy) is 1. The Balaban J connectivity index is 1.75. The Bertz CT molecular complexity index is 1070. The summed E-state index contributed by atoms with van der Waals surface area (Å²) in [6, 6.07) is 22.5. The quantitative estimate of drug-likeness (QED) is 0.359. The van der Waals surface area contributed by atoms with Crippen molar-refractivity contribution < 1.29 is 9.53 Å². The molecule has 0 saturated carbocycles. The van der Waals surface area contributed by atoms with Gasteiger partial charge >= 0.3 is 5.97 Å². The first-order valence-electron chi connectivity index (χ1n) is 9.15. The van der Waals surface area contributed by atoms with E-state index in [0.29, 0.717) is 12.1 Å². The molecule has 6 heteroatoms. The third-order valence-electron chi connectivity index (χ3n) is 4.46. The van der Waals surface area contributed by atoms with Crippen LogP contribution >= 0.6 is 0 Å². The van der Waals surface area contributed by atoms with Gasteiger partial charge in [0.05, 0.1) is 22.7 Å². The lowest BCUT2D eigenvalue weighted by atomic mass is 10.0. The first-order chi connectivity index (χ1) is 14.2. The molecule has 0 aromatic heterocycles. The number of benzene rings is 3. The van der Waals surface area contributed by atoms with Crippen molar-refractivity contribution in [1.82, 2.24) is 0 Å². The van der Waals surface area contributed by atoms with Gasteiger partial charge in [-0.1, -0.05) is 30.8 Å². The maximum atomic E-state index is 11.8. The van der Waals surface area contributed by atoms with Crippen LogP contribution in [0.3, 0.4) is 0 Å². The standard InChI is InChI=1S/C23H18N4O2/c1-2-23(28)29-22-15-16-3-7-18(8-4-16)24-26-20-11-13-21(14-12-20)27-25-19-9-5-17(22)6-10-19/h2-14,22H,1,15H2/t22-/m0/s1. The Morgan fingerprint density at radius 2 is 1.17 bits per heavy atom. The molecule has 0 radical (unpaired) electrons. The van der Waals surface area contributed by atoms with Gasteiger partial charge in [0.1, 0.15) is 6.10 Å². The lowest BCUT2D eigenvalue weighted by molar-refractivity contribution is -0.143. The molecule has 4 heterocycles. The van der Waals surface area contributed by atoms with Crippen LogP contribution in [0.1, 0.15) is 17.2 Å². The third kappa shape index (κ3) is 4.68. The Kier molecular flexibility index (Phi) is 5.33. The Morgan fingerprint density at radius 1 is 0.759 bits per heavy atom. The fourth-order valence-electron chi connectivity index (χ4n) is 2.90. The van der Waals surface area contributed by atoms with Crippen LogP contribution in [0.5, 0.6) is 0 Å². The van der Waals surface area contributed by atoms with Crippen LogP contribution in [0.25, 0.3) is 0 Å². The molecule has 0 fully saturated rings. The molecule has 0 aliphatic carbocycles. The smallest absolute Gasteiger partial charge is 0.330 e. The second kappa shape index (κ2) is 8.39. The van der Waals surface area contributed by atoms with E-state index in [-0.39, 0.29) is 0 Å². The summed E-state index contributed by atoms with van der Waals surface area (Å²) < 4.78 is 5.58. The summed E-state index contributed by atoms with van der Waals surface area (Å²) in [5.74, 6) is -0.464. The minimum Gasteiger partial charge on any atom is -0.454 e. The van der Waals surface area contributed by atoms with E-state index in [2.05, 4.69) is 27.0 Å².